The summed E-state index contributed by atoms with van der Waals surface area (Å²) in [6.07, 6.45) is 4.81. The van der Waals surface area contributed by atoms with Gasteiger partial charge in [0.25, 0.3) is 0 Å². The Bertz CT molecular complexity index is 195. The molecule has 0 saturated heterocycles. The summed E-state index contributed by atoms with van der Waals surface area (Å²) >= 11 is 0. The highest BCUT2D eigenvalue weighted by molar-refractivity contribution is 4.82. The van der Waals surface area contributed by atoms with Gasteiger partial charge in [-0.25, -0.2) is 0 Å². The Kier molecular flexibility index (Phi) is 5.77. The predicted octanol–water partition coefficient (Wildman–Crippen LogP) is 2.81. The topological polar surface area (TPSA) is 32.3 Å². The zero-order chi connectivity index (χ0) is 12.1. The molecule has 1 rings (SSSR count). The average Bonchev–Trinajstić information content (AvgIpc) is 2.26. The molecule has 0 spiro atoms. The van der Waals surface area contributed by atoms with Gasteiger partial charge in [0.2, 0.25) is 0 Å². The van der Waals surface area contributed by atoms with E-state index in [1.54, 1.807) is 0 Å². The molecule has 2 nitrogen and oxygen atoms in total. The molecule has 1 saturated carbocycles. The van der Waals surface area contributed by atoms with Crippen molar-refractivity contribution in [3.63, 3.8) is 0 Å². The smallest absolute Gasteiger partial charge is 0.0690 e. The van der Waals surface area contributed by atoms with Gasteiger partial charge in [0.15, 0.2) is 0 Å². The van der Waals surface area contributed by atoms with Crippen molar-refractivity contribution in [2.75, 3.05) is 6.54 Å². The molecule has 0 aromatic rings. The van der Waals surface area contributed by atoms with Crippen molar-refractivity contribution in [3.05, 3.63) is 0 Å². The van der Waals surface area contributed by atoms with Crippen LogP contribution in [0.4, 0.5) is 0 Å². The molecule has 0 radical (unpaired) electrons. The molecule has 1 aliphatic rings. The third-order valence-electron chi connectivity index (χ3n) is 4.32. The third kappa shape index (κ3) is 4.06. The van der Waals surface area contributed by atoms with Gasteiger partial charge >= 0.3 is 0 Å². The van der Waals surface area contributed by atoms with Gasteiger partial charge in [-0.1, -0.05) is 34.1 Å². The van der Waals surface area contributed by atoms with Crippen LogP contribution in [0.15, 0.2) is 0 Å². The monoisotopic (exact) mass is 227 g/mol. The maximum atomic E-state index is 9.92. The summed E-state index contributed by atoms with van der Waals surface area (Å²) in [5.74, 6) is 2.05. The van der Waals surface area contributed by atoms with Crippen LogP contribution in [0.1, 0.15) is 53.4 Å². The summed E-state index contributed by atoms with van der Waals surface area (Å²) in [4.78, 5) is 0. The minimum atomic E-state index is -0.184. The van der Waals surface area contributed by atoms with Crippen molar-refractivity contribution in [2.45, 2.75) is 65.5 Å². The van der Waals surface area contributed by atoms with Gasteiger partial charge in [-0.3, -0.25) is 0 Å². The zero-order valence-corrected chi connectivity index (χ0v) is 11.4. The Morgan fingerprint density at radius 1 is 1.31 bits per heavy atom. The molecule has 0 aliphatic heterocycles. The lowest BCUT2D eigenvalue weighted by Gasteiger charge is -2.34. The lowest BCUT2D eigenvalue weighted by atomic mass is 9.80. The number of rotatable bonds is 5. The first-order valence-electron chi connectivity index (χ1n) is 6.96. The van der Waals surface area contributed by atoms with E-state index in [0.29, 0.717) is 12.0 Å². The molecule has 0 bridgehead atoms. The van der Waals surface area contributed by atoms with Crippen LogP contribution in [-0.4, -0.2) is 23.8 Å². The second-order valence-electron chi connectivity index (χ2n) is 5.86. The van der Waals surface area contributed by atoms with Crippen molar-refractivity contribution < 1.29 is 5.11 Å². The summed E-state index contributed by atoms with van der Waals surface area (Å²) < 4.78 is 0. The number of nitrogens with one attached hydrogen (secondary N) is 1. The lowest BCUT2D eigenvalue weighted by molar-refractivity contribution is 0.101. The molecule has 0 aromatic heterocycles. The Labute approximate surface area is 101 Å². The molecular weight excluding hydrogens is 198 g/mol. The van der Waals surface area contributed by atoms with Gasteiger partial charge in [-0.05, 0) is 37.0 Å². The van der Waals surface area contributed by atoms with Crippen LogP contribution in [0, 0.1) is 17.8 Å². The van der Waals surface area contributed by atoms with Gasteiger partial charge in [0.1, 0.15) is 0 Å². The van der Waals surface area contributed by atoms with E-state index >= 15 is 0 Å². The van der Waals surface area contributed by atoms with Crippen LogP contribution < -0.4 is 5.32 Å². The molecule has 0 aromatic carbocycles. The van der Waals surface area contributed by atoms with Crippen LogP contribution in [0.5, 0.6) is 0 Å². The second-order valence-corrected chi connectivity index (χ2v) is 5.86. The summed E-state index contributed by atoms with van der Waals surface area (Å²) in [5, 5.41) is 13.5. The molecule has 1 aliphatic carbocycles. The van der Waals surface area contributed by atoms with Crippen molar-refractivity contribution in [1.82, 2.24) is 5.32 Å². The largest absolute Gasteiger partial charge is 0.392 e. The quantitative estimate of drug-likeness (QED) is 0.757. The highest BCUT2D eigenvalue weighted by Gasteiger charge is 2.25. The highest BCUT2D eigenvalue weighted by Crippen LogP contribution is 2.28. The van der Waals surface area contributed by atoms with Gasteiger partial charge in [0.05, 0.1) is 6.10 Å². The van der Waals surface area contributed by atoms with E-state index in [4.69, 9.17) is 0 Å². The van der Waals surface area contributed by atoms with Crippen molar-refractivity contribution in [1.29, 1.82) is 0 Å². The molecule has 5 unspecified atom stereocenters. The van der Waals surface area contributed by atoms with E-state index in [0.717, 1.165) is 24.8 Å². The molecular formula is C14H29NO. The van der Waals surface area contributed by atoms with Crippen LogP contribution >= 0.6 is 0 Å². The molecule has 16 heavy (non-hydrogen) atoms. The van der Waals surface area contributed by atoms with E-state index in [1.807, 2.05) is 0 Å². The van der Waals surface area contributed by atoms with Crippen molar-refractivity contribution in [2.24, 2.45) is 17.8 Å². The number of aliphatic hydroxyl groups is 1. The van der Waals surface area contributed by atoms with E-state index in [-0.39, 0.29) is 6.10 Å². The predicted molar refractivity (Wildman–Crippen MR) is 69.4 cm³/mol. The van der Waals surface area contributed by atoms with E-state index < -0.39 is 0 Å². The summed E-state index contributed by atoms with van der Waals surface area (Å²) in [6, 6.07) is 0.620. The molecule has 96 valence electrons. The minimum Gasteiger partial charge on any atom is -0.392 e. The van der Waals surface area contributed by atoms with E-state index in [9.17, 15) is 5.11 Å². The minimum absolute atomic E-state index is 0.184. The zero-order valence-electron chi connectivity index (χ0n) is 11.4. The number of aliphatic hydroxyl groups excluding tert-OH is 1. The first-order chi connectivity index (χ1) is 7.54. The lowest BCUT2D eigenvalue weighted by Crippen LogP contribution is -2.43. The van der Waals surface area contributed by atoms with Crippen LogP contribution in [0.2, 0.25) is 0 Å². The van der Waals surface area contributed by atoms with Gasteiger partial charge in [-0.2, -0.15) is 0 Å². The molecule has 0 heterocycles. The molecule has 2 N–H and O–H groups in total. The van der Waals surface area contributed by atoms with Crippen LogP contribution in [-0.2, 0) is 0 Å². The third-order valence-corrected chi connectivity index (χ3v) is 4.32. The van der Waals surface area contributed by atoms with Crippen LogP contribution in [0.25, 0.3) is 0 Å². The Morgan fingerprint density at radius 3 is 2.56 bits per heavy atom. The average molecular weight is 227 g/mol. The van der Waals surface area contributed by atoms with Crippen LogP contribution in [0.3, 0.4) is 0 Å². The first kappa shape index (κ1) is 14.0. The SMILES string of the molecule is CCC(C)C(O)CNC1CCC(C)CC1C. The fourth-order valence-corrected chi connectivity index (χ4v) is 2.71. The summed E-state index contributed by atoms with van der Waals surface area (Å²) in [6.45, 7) is 9.71. The normalized spacial score (nSPS) is 34.7. The standard InChI is InChI=1S/C14H29NO/c1-5-11(3)14(16)9-15-13-7-6-10(2)8-12(13)4/h10-16H,5-9H2,1-4H3. The Balaban J connectivity index is 2.27. The molecule has 5 atom stereocenters. The summed E-state index contributed by atoms with van der Waals surface area (Å²) in [7, 11) is 0. The fraction of sp³-hybridized carbons (Fsp3) is 1.00. The Hall–Kier alpha value is -0.0800. The summed E-state index contributed by atoms with van der Waals surface area (Å²) in [5.41, 5.74) is 0. The first-order valence-corrected chi connectivity index (χ1v) is 6.96. The van der Waals surface area contributed by atoms with Crippen molar-refractivity contribution in [3.8, 4) is 0 Å². The fourth-order valence-electron chi connectivity index (χ4n) is 2.71. The van der Waals surface area contributed by atoms with E-state index in [2.05, 4.69) is 33.0 Å². The van der Waals surface area contributed by atoms with Crippen molar-refractivity contribution >= 4 is 0 Å². The number of hydrogen-bond acceptors (Lipinski definition) is 2. The molecule has 2 heteroatoms. The van der Waals surface area contributed by atoms with E-state index in [1.165, 1.54) is 19.3 Å². The highest BCUT2D eigenvalue weighted by atomic mass is 16.3. The van der Waals surface area contributed by atoms with Gasteiger partial charge in [0, 0.05) is 12.6 Å². The maximum absolute atomic E-state index is 9.92. The second kappa shape index (κ2) is 6.61. The maximum Gasteiger partial charge on any atom is 0.0690 e. The molecule has 1 fully saturated rings. The van der Waals surface area contributed by atoms with Gasteiger partial charge in [-0.15, -0.1) is 0 Å². The van der Waals surface area contributed by atoms with Gasteiger partial charge < -0.3 is 10.4 Å². The Morgan fingerprint density at radius 2 is 2.00 bits per heavy atom. The number of hydrogen-bond donors (Lipinski definition) is 2. The molecule has 0 amide bonds.